The monoisotopic (exact) mass is 998 g/mol. The molecule has 3 saturated heterocycles. The molecule has 8 atom stereocenters. The molecule has 380 valence electrons. The van der Waals surface area contributed by atoms with Crippen molar-refractivity contribution in [2.75, 3.05) is 50.6 Å². The van der Waals surface area contributed by atoms with Gasteiger partial charge in [-0.05, 0) is 68.5 Å². The number of Topliss-reactive ketones (excluding diaryl/α,β-unsaturated/α-hetero) is 1. The lowest BCUT2D eigenvalue weighted by atomic mass is 9.90. The van der Waals surface area contributed by atoms with Crippen LogP contribution in [0, 0.1) is 5.92 Å². The van der Waals surface area contributed by atoms with Crippen molar-refractivity contribution < 1.29 is 58.1 Å². The van der Waals surface area contributed by atoms with E-state index in [2.05, 4.69) is 20.9 Å². The third-order valence-electron chi connectivity index (χ3n) is 13.4. The van der Waals surface area contributed by atoms with Crippen LogP contribution in [0.15, 0.2) is 72.9 Å². The van der Waals surface area contributed by atoms with Crippen LogP contribution < -0.4 is 20.9 Å². The van der Waals surface area contributed by atoms with Gasteiger partial charge in [0, 0.05) is 76.4 Å². The van der Waals surface area contributed by atoms with Gasteiger partial charge in [-0.15, -0.1) is 0 Å². The summed E-state index contributed by atoms with van der Waals surface area (Å²) in [6, 6.07) is 10.6. The number of aliphatic carboxylic acids is 1. The lowest BCUT2D eigenvalue weighted by Crippen LogP contribution is -2.65. The number of anilines is 1. The second-order valence-corrected chi connectivity index (χ2v) is 19.6. The molecule has 3 aliphatic heterocycles. The molecule has 0 aliphatic carbocycles. The van der Waals surface area contributed by atoms with Crippen LogP contribution in [-0.2, 0) is 49.5 Å². The number of carboxylic acid groups (broad SMARTS) is 1. The average Bonchev–Trinajstić information content (AvgIpc) is 3.84. The van der Waals surface area contributed by atoms with Gasteiger partial charge in [0.15, 0.2) is 11.7 Å². The molecule has 4 heterocycles. The lowest BCUT2D eigenvalue weighted by Gasteiger charge is -2.42. The van der Waals surface area contributed by atoms with Crippen molar-refractivity contribution in [3.05, 3.63) is 89.7 Å². The molecule has 0 bridgehead atoms. The van der Waals surface area contributed by atoms with Crippen LogP contribution in [0.2, 0.25) is 0 Å². The molecule has 6 amide bonds. The Balaban J connectivity index is 1.48. The summed E-state index contributed by atoms with van der Waals surface area (Å²) in [5, 5.41) is 27.7. The maximum absolute atomic E-state index is 15.5. The number of carbonyl (C=O) groups is 9. The Kier molecular flexibility index (Phi) is 17.5. The number of esters is 1. The summed E-state index contributed by atoms with van der Waals surface area (Å²) >= 11 is 1.21. The van der Waals surface area contributed by atoms with Crippen molar-refractivity contribution in [1.82, 2.24) is 35.6 Å². The van der Waals surface area contributed by atoms with Crippen LogP contribution in [0.25, 0.3) is 0 Å². The normalized spacial score (nSPS) is 26.0. The second kappa shape index (κ2) is 23.3. The number of pyridine rings is 1. The van der Waals surface area contributed by atoms with E-state index in [1.807, 2.05) is 43.3 Å². The second-order valence-electron chi connectivity index (χ2n) is 18.5. The minimum atomic E-state index is -1.75. The molecular formula is C50H62N8O12S. The summed E-state index contributed by atoms with van der Waals surface area (Å²) < 4.78 is 5.93. The largest absolute Gasteiger partial charge is 0.505 e. The number of piperidine rings is 1. The first-order valence-corrected chi connectivity index (χ1v) is 24.7. The fraction of sp³-hybridized carbons (Fsp3) is 0.480. The number of hydrogen-bond acceptors (Lipinski definition) is 14. The Morgan fingerprint density at radius 1 is 0.944 bits per heavy atom. The zero-order valence-corrected chi connectivity index (χ0v) is 41.5. The highest BCUT2D eigenvalue weighted by molar-refractivity contribution is 7.99. The average molecular weight is 999 g/mol. The number of aromatic hydroxyl groups is 1. The zero-order chi connectivity index (χ0) is 51.7. The van der Waals surface area contributed by atoms with Crippen molar-refractivity contribution in [2.45, 2.75) is 101 Å². The number of likely N-dealkylation sites (N-methyl/N-ethyl adjacent to an activating group) is 1. The Morgan fingerprint density at radius 2 is 1.65 bits per heavy atom. The molecule has 0 saturated carbocycles. The summed E-state index contributed by atoms with van der Waals surface area (Å²) in [5.74, 6) is -8.35. The van der Waals surface area contributed by atoms with Crippen LogP contribution in [0.5, 0.6) is 5.75 Å². The summed E-state index contributed by atoms with van der Waals surface area (Å²) in [7, 11) is 5.19. The number of ether oxygens (including phenoxy) is 1. The number of carboxylic acids is 1. The topological polar surface area (TPSA) is 265 Å². The molecule has 2 aromatic carbocycles. The predicted molar refractivity (Wildman–Crippen MR) is 261 cm³/mol. The van der Waals surface area contributed by atoms with Crippen LogP contribution in [0.1, 0.15) is 80.5 Å². The molecule has 20 nitrogen and oxygen atoms in total. The fourth-order valence-corrected chi connectivity index (χ4v) is 10.0. The number of amides is 6. The maximum Gasteiger partial charge on any atom is 0.333 e. The number of hydrogen-bond donors (Lipinski definition) is 5. The Labute approximate surface area is 416 Å². The molecular weight excluding hydrogens is 937 g/mol. The summed E-state index contributed by atoms with van der Waals surface area (Å²) in [4.78, 5) is 138. The SMILES string of the molecule is CC[C@]1(C)NC(=O)[C@@H](NC(=O)c2ncccc2O)[C@@H](C)OC(=O)[C@H](c2ccccc2)NC(=O)[C@@H]2CC(=O)C(CSCCC(=O)O)CN2C(=O)[C@H](Cc2ccc(N(C)C)cc2)N(C)C(=O)[C@@H]2CCCN2C1=O. The first-order valence-electron chi connectivity index (χ1n) is 23.5. The van der Waals surface area contributed by atoms with Crippen LogP contribution in [0.4, 0.5) is 5.69 Å². The standard InChI is InChI=1S/C50H62N8O12S/c1-7-50(3)49(69)57-23-12-15-34(57)46(66)56(6)36(25-30-17-19-33(20-18-30)55(4)5)47(67)58-27-32(28-71-24-21-39(61)62)38(60)26-35(58)43(63)53-41(31-13-9-8-10-14-31)48(68)70-29(2)40(45(65)54-50)52-44(64)42-37(59)16-11-22-51-42/h8-11,13-14,16-20,22,29,32,34-36,40-41,59H,7,12,15,21,23-28H2,1-6H3,(H,52,64)(H,53,63)(H,54,65)(H,61,62)/t29-,32?,34+,35+,36+,40+,41+,50+/m1/s1. The predicted octanol–water partition coefficient (Wildman–Crippen LogP) is 2.09. The van der Waals surface area contributed by atoms with Gasteiger partial charge >= 0.3 is 11.9 Å². The van der Waals surface area contributed by atoms with E-state index in [4.69, 9.17) is 4.74 Å². The Bertz CT molecular complexity index is 2490. The molecule has 3 aromatic rings. The van der Waals surface area contributed by atoms with E-state index in [0.717, 1.165) is 5.69 Å². The van der Waals surface area contributed by atoms with Gasteiger partial charge in [0.25, 0.3) is 5.91 Å². The zero-order valence-electron chi connectivity index (χ0n) is 40.7. The number of nitrogens with zero attached hydrogens (tertiary/aromatic N) is 5. The molecule has 0 radical (unpaired) electrons. The quantitative estimate of drug-likeness (QED) is 0.129. The van der Waals surface area contributed by atoms with E-state index in [9.17, 15) is 43.8 Å². The van der Waals surface area contributed by atoms with Crippen LogP contribution in [-0.4, -0.2) is 165 Å². The number of rotatable bonds is 12. The summed E-state index contributed by atoms with van der Waals surface area (Å²) in [6.07, 6.45) is -0.391. The highest BCUT2D eigenvalue weighted by Gasteiger charge is 2.49. The third kappa shape index (κ3) is 12.5. The molecule has 71 heavy (non-hydrogen) atoms. The van der Waals surface area contributed by atoms with E-state index >= 15 is 9.59 Å². The van der Waals surface area contributed by atoms with Crippen molar-refractivity contribution in [3.63, 3.8) is 0 Å². The number of benzene rings is 2. The van der Waals surface area contributed by atoms with Gasteiger partial charge in [0.05, 0.1) is 6.42 Å². The van der Waals surface area contributed by atoms with Crippen molar-refractivity contribution in [3.8, 4) is 5.75 Å². The third-order valence-corrected chi connectivity index (χ3v) is 14.5. The molecule has 21 heteroatoms. The molecule has 5 N–H and O–H groups in total. The number of carbonyl (C=O) groups excluding carboxylic acids is 8. The van der Waals surface area contributed by atoms with Gasteiger partial charge in [0.2, 0.25) is 29.5 Å². The minimum absolute atomic E-state index is 0.00230. The van der Waals surface area contributed by atoms with Gasteiger partial charge in [-0.1, -0.05) is 49.4 Å². The number of aromatic nitrogens is 1. The van der Waals surface area contributed by atoms with Gasteiger partial charge in [0.1, 0.15) is 47.3 Å². The van der Waals surface area contributed by atoms with Crippen molar-refractivity contribution >= 4 is 70.6 Å². The van der Waals surface area contributed by atoms with E-state index in [0.29, 0.717) is 12.0 Å². The molecule has 6 rings (SSSR count). The van der Waals surface area contributed by atoms with Crippen molar-refractivity contribution in [2.24, 2.45) is 5.92 Å². The number of nitrogens with one attached hydrogen (secondary N) is 3. The summed E-state index contributed by atoms with van der Waals surface area (Å²) in [5.41, 5.74) is -0.423. The number of cyclic esters (lactones) is 1. The number of thioether (sulfide) groups is 1. The highest BCUT2D eigenvalue weighted by Crippen LogP contribution is 2.30. The molecule has 0 spiro atoms. The first kappa shape index (κ1) is 53.3. The minimum Gasteiger partial charge on any atom is -0.505 e. The highest BCUT2D eigenvalue weighted by atomic mass is 32.2. The van der Waals surface area contributed by atoms with E-state index in [1.54, 1.807) is 25.1 Å². The van der Waals surface area contributed by atoms with Crippen molar-refractivity contribution in [1.29, 1.82) is 0 Å². The lowest BCUT2D eigenvalue weighted by molar-refractivity contribution is -0.157. The fourth-order valence-electron chi connectivity index (χ4n) is 8.95. The number of ketones is 1. The first-order chi connectivity index (χ1) is 33.7. The van der Waals surface area contributed by atoms with E-state index in [1.165, 1.54) is 77.8 Å². The van der Waals surface area contributed by atoms with Crippen LogP contribution in [0.3, 0.4) is 0 Å². The molecule has 1 aromatic heterocycles. The van der Waals surface area contributed by atoms with Gasteiger partial charge < -0.3 is 50.5 Å². The Hall–Kier alpha value is -7.03. The number of fused-ring (bicyclic) bond motifs is 2. The van der Waals surface area contributed by atoms with Gasteiger partial charge in [-0.25, -0.2) is 9.78 Å². The molecule has 1 unspecified atom stereocenters. The van der Waals surface area contributed by atoms with E-state index < -0.39 is 113 Å². The molecule has 3 aliphatic rings. The van der Waals surface area contributed by atoms with E-state index in [-0.39, 0.29) is 61.6 Å². The maximum atomic E-state index is 15.5. The summed E-state index contributed by atoms with van der Waals surface area (Å²) in [6.45, 7) is 4.27. The smallest absolute Gasteiger partial charge is 0.333 e. The Morgan fingerprint density at radius 3 is 2.30 bits per heavy atom. The molecule has 3 fully saturated rings. The van der Waals surface area contributed by atoms with Crippen LogP contribution >= 0.6 is 11.8 Å². The van der Waals surface area contributed by atoms with Gasteiger partial charge in [-0.3, -0.25) is 38.4 Å². The van der Waals surface area contributed by atoms with Gasteiger partial charge in [-0.2, -0.15) is 11.8 Å².